The topological polar surface area (TPSA) is 70.1 Å². The molecular formula is C24H31ClN2O4S. The minimum absolute atomic E-state index is 0. The zero-order chi connectivity index (χ0) is 22.7. The molecule has 0 aliphatic carbocycles. The summed E-state index contributed by atoms with van der Waals surface area (Å²) in [6, 6.07) is 8.52. The van der Waals surface area contributed by atoms with E-state index in [-0.39, 0.29) is 29.8 Å². The van der Waals surface area contributed by atoms with Crippen molar-refractivity contribution in [3.8, 4) is 5.75 Å². The number of carbonyl (C=O) groups excluding carboxylic acids is 2. The van der Waals surface area contributed by atoms with E-state index in [4.69, 9.17) is 4.74 Å². The first kappa shape index (κ1) is 25.9. The summed E-state index contributed by atoms with van der Waals surface area (Å²) in [5.74, 6) is -0.618. The fourth-order valence-electron chi connectivity index (χ4n) is 3.75. The molecule has 0 saturated carbocycles. The second-order valence-corrected chi connectivity index (χ2v) is 9.29. The van der Waals surface area contributed by atoms with Gasteiger partial charge in [-0.2, -0.15) is 0 Å². The summed E-state index contributed by atoms with van der Waals surface area (Å²) in [6.07, 6.45) is 0.770. The molecule has 1 amide bonds. The molecule has 1 unspecified atom stereocenters. The van der Waals surface area contributed by atoms with E-state index in [1.165, 1.54) is 11.3 Å². The number of Topliss-reactive ketones (excluding diaryl/α,β-unsaturated/α-hetero) is 1. The van der Waals surface area contributed by atoms with Crippen molar-refractivity contribution in [3.63, 3.8) is 0 Å². The van der Waals surface area contributed by atoms with E-state index >= 15 is 0 Å². The number of likely N-dealkylation sites (tertiary alicyclic amines) is 1. The van der Waals surface area contributed by atoms with Crippen molar-refractivity contribution in [2.75, 3.05) is 27.2 Å². The minimum atomic E-state index is -0.638. The number of aryl methyl sites for hydroxylation is 1. The number of halogens is 1. The summed E-state index contributed by atoms with van der Waals surface area (Å²) < 4.78 is 5.77. The van der Waals surface area contributed by atoms with E-state index < -0.39 is 17.7 Å². The third kappa shape index (κ3) is 5.52. The number of aliphatic hydroxyl groups excluding tert-OH is 1. The Morgan fingerprint density at radius 1 is 1.25 bits per heavy atom. The van der Waals surface area contributed by atoms with Crippen LogP contribution < -0.4 is 4.74 Å². The number of hydrogen-bond donors (Lipinski definition) is 1. The largest absolute Gasteiger partial charge is 0.507 e. The van der Waals surface area contributed by atoms with E-state index in [0.29, 0.717) is 12.1 Å². The third-order valence-corrected chi connectivity index (χ3v) is 6.09. The van der Waals surface area contributed by atoms with Gasteiger partial charge in [0.1, 0.15) is 11.5 Å². The maximum absolute atomic E-state index is 13.0. The number of aliphatic hydroxyl groups is 1. The molecule has 2 heterocycles. The molecule has 0 radical (unpaired) electrons. The van der Waals surface area contributed by atoms with E-state index in [2.05, 4.69) is 0 Å². The number of carbonyl (C=O) groups is 2. The molecule has 6 nitrogen and oxygen atoms in total. The summed E-state index contributed by atoms with van der Waals surface area (Å²) >= 11 is 1.47. The third-order valence-electron chi connectivity index (χ3n) is 5.17. The van der Waals surface area contributed by atoms with Crippen molar-refractivity contribution >= 4 is 41.2 Å². The molecule has 0 bridgehead atoms. The predicted molar refractivity (Wildman–Crippen MR) is 131 cm³/mol. The van der Waals surface area contributed by atoms with Crippen LogP contribution >= 0.6 is 23.7 Å². The normalized spacial score (nSPS) is 17.8. The van der Waals surface area contributed by atoms with Gasteiger partial charge in [0.05, 0.1) is 17.7 Å². The van der Waals surface area contributed by atoms with E-state index in [1.54, 1.807) is 23.1 Å². The van der Waals surface area contributed by atoms with Gasteiger partial charge in [0.15, 0.2) is 0 Å². The molecule has 8 heteroatoms. The Hall–Kier alpha value is -2.35. The van der Waals surface area contributed by atoms with Crippen LogP contribution in [0.2, 0.25) is 0 Å². The van der Waals surface area contributed by atoms with Crippen LogP contribution in [0.15, 0.2) is 41.3 Å². The number of nitrogens with zero attached hydrogens (tertiary/aromatic N) is 2. The van der Waals surface area contributed by atoms with Crippen molar-refractivity contribution in [1.82, 2.24) is 9.80 Å². The second kappa shape index (κ2) is 11.0. The van der Waals surface area contributed by atoms with Gasteiger partial charge in [-0.15, -0.1) is 23.7 Å². The zero-order valence-corrected chi connectivity index (χ0v) is 20.8. The standard InChI is InChI=1S/C24H30N2O4S.ClH/c1-15(2)30-18-10-9-17(14-16(18)3)22(27)20-21(19-8-6-13-31-19)26(24(29)23(20)28)12-7-11-25(4)5;/h6,8-10,13-15,21,27H,7,11-12H2,1-5H3;1H. The average Bonchev–Trinajstić information content (AvgIpc) is 3.31. The van der Waals surface area contributed by atoms with Gasteiger partial charge in [-0.3, -0.25) is 9.59 Å². The monoisotopic (exact) mass is 478 g/mol. The molecule has 1 atom stereocenters. The number of hydrogen-bond acceptors (Lipinski definition) is 6. The Morgan fingerprint density at radius 3 is 2.53 bits per heavy atom. The minimum Gasteiger partial charge on any atom is -0.507 e. The average molecular weight is 479 g/mol. The molecule has 1 fully saturated rings. The number of benzene rings is 1. The van der Waals surface area contributed by atoms with Crippen LogP contribution in [0.4, 0.5) is 0 Å². The molecule has 1 saturated heterocycles. The van der Waals surface area contributed by atoms with Gasteiger partial charge in [-0.1, -0.05) is 6.07 Å². The number of thiophene rings is 1. The van der Waals surface area contributed by atoms with Crippen LogP contribution in [0.1, 0.15) is 42.3 Å². The zero-order valence-electron chi connectivity index (χ0n) is 19.1. The highest BCUT2D eigenvalue weighted by molar-refractivity contribution is 7.10. The van der Waals surface area contributed by atoms with Crippen molar-refractivity contribution < 1.29 is 19.4 Å². The Bertz CT molecular complexity index is 986. The summed E-state index contributed by atoms with van der Waals surface area (Å²) in [7, 11) is 3.94. The Morgan fingerprint density at radius 2 is 1.97 bits per heavy atom. The van der Waals surface area contributed by atoms with Crippen LogP contribution in [-0.2, 0) is 9.59 Å². The molecule has 3 rings (SSSR count). The first-order chi connectivity index (χ1) is 14.7. The first-order valence-corrected chi connectivity index (χ1v) is 11.3. The lowest BCUT2D eigenvalue weighted by molar-refractivity contribution is -0.139. The van der Waals surface area contributed by atoms with E-state index in [1.807, 2.05) is 57.3 Å². The fourth-order valence-corrected chi connectivity index (χ4v) is 4.59. The van der Waals surface area contributed by atoms with Gasteiger partial charge in [0.2, 0.25) is 0 Å². The molecule has 1 aliphatic rings. The maximum Gasteiger partial charge on any atom is 0.295 e. The van der Waals surface area contributed by atoms with Gasteiger partial charge < -0.3 is 19.6 Å². The number of amides is 1. The lowest BCUT2D eigenvalue weighted by Crippen LogP contribution is -2.32. The highest BCUT2D eigenvalue weighted by atomic mass is 35.5. The summed E-state index contributed by atoms with van der Waals surface area (Å²) in [6.45, 7) is 7.04. The molecule has 1 aliphatic heterocycles. The summed E-state index contributed by atoms with van der Waals surface area (Å²) in [5.41, 5.74) is 1.50. The Kier molecular flexibility index (Phi) is 8.89. The van der Waals surface area contributed by atoms with Crippen LogP contribution in [0.5, 0.6) is 5.75 Å². The van der Waals surface area contributed by atoms with Crippen molar-refractivity contribution in [1.29, 1.82) is 0 Å². The van der Waals surface area contributed by atoms with Gasteiger partial charge in [-0.05, 0) is 83.0 Å². The summed E-state index contributed by atoms with van der Waals surface area (Å²) in [5, 5.41) is 13.1. The molecule has 1 N–H and O–H groups in total. The molecule has 0 spiro atoms. The molecule has 32 heavy (non-hydrogen) atoms. The van der Waals surface area contributed by atoms with Crippen molar-refractivity contribution in [3.05, 3.63) is 57.3 Å². The highest BCUT2D eigenvalue weighted by Crippen LogP contribution is 2.41. The predicted octanol–water partition coefficient (Wildman–Crippen LogP) is 4.64. The van der Waals surface area contributed by atoms with Crippen LogP contribution in [0.3, 0.4) is 0 Å². The smallest absolute Gasteiger partial charge is 0.295 e. The molecule has 1 aromatic heterocycles. The fraction of sp³-hybridized carbons (Fsp3) is 0.417. The van der Waals surface area contributed by atoms with Crippen LogP contribution in [-0.4, -0.2) is 59.9 Å². The maximum atomic E-state index is 13.0. The van der Waals surface area contributed by atoms with Crippen molar-refractivity contribution in [2.24, 2.45) is 0 Å². The van der Waals surface area contributed by atoms with Crippen LogP contribution in [0.25, 0.3) is 5.76 Å². The Balaban J connectivity index is 0.00000363. The molecule has 2 aromatic rings. The van der Waals surface area contributed by atoms with Gasteiger partial charge >= 0.3 is 0 Å². The molecule has 174 valence electrons. The second-order valence-electron chi connectivity index (χ2n) is 8.31. The van der Waals surface area contributed by atoms with Gasteiger partial charge in [0, 0.05) is 17.0 Å². The lowest BCUT2D eigenvalue weighted by atomic mass is 9.98. The molecule has 1 aromatic carbocycles. The van der Waals surface area contributed by atoms with E-state index in [0.717, 1.165) is 29.2 Å². The molecular weight excluding hydrogens is 448 g/mol. The summed E-state index contributed by atoms with van der Waals surface area (Å²) in [4.78, 5) is 30.4. The number of rotatable bonds is 8. The van der Waals surface area contributed by atoms with Gasteiger partial charge in [-0.25, -0.2) is 0 Å². The van der Waals surface area contributed by atoms with Gasteiger partial charge in [0.25, 0.3) is 11.7 Å². The van der Waals surface area contributed by atoms with E-state index in [9.17, 15) is 14.7 Å². The Labute approximate surface area is 199 Å². The first-order valence-electron chi connectivity index (χ1n) is 10.4. The van der Waals surface area contributed by atoms with Crippen LogP contribution in [0, 0.1) is 6.92 Å². The lowest BCUT2D eigenvalue weighted by Gasteiger charge is -2.24. The van der Waals surface area contributed by atoms with Crippen molar-refractivity contribution in [2.45, 2.75) is 39.3 Å². The number of ether oxygens (including phenoxy) is 1. The SMILES string of the molecule is Cc1cc(C(O)=C2C(=O)C(=O)N(CCCN(C)C)C2c2cccs2)ccc1OC(C)C.Cl. The quantitative estimate of drug-likeness (QED) is 0.340. The number of ketones is 1. The highest BCUT2D eigenvalue weighted by Gasteiger charge is 2.46.